The summed E-state index contributed by atoms with van der Waals surface area (Å²) >= 11 is 6.05. The molecule has 1 heterocycles. The lowest BCUT2D eigenvalue weighted by atomic mass is 10.1. The maximum atomic E-state index is 8.77. The smallest absolute Gasteiger partial charge is 0.138 e. The van der Waals surface area contributed by atoms with Gasteiger partial charge in [0.05, 0.1) is 22.3 Å². The van der Waals surface area contributed by atoms with Gasteiger partial charge in [-0.2, -0.15) is 5.26 Å². The van der Waals surface area contributed by atoms with Crippen LogP contribution in [0.25, 0.3) is 0 Å². The third kappa shape index (κ3) is 3.84. The van der Waals surface area contributed by atoms with Crippen LogP contribution in [0.3, 0.4) is 0 Å². The molecular formula is C14H17ClN2O2. The Kier molecular flexibility index (Phi) is 4.31. The second-order valence-corrected chi connectivity index (χ2v) is 5.61. The lowest BCUT2D eigenvalue weighted by Crippen LogP contribution is -2.52. The van der Waals surface area contributed by atoms with E-state index in [1.54, 1.807) is 18.2 Å². The zero-order valence-electron chi connectivity index (χ0n) is 11.1. The molecule has 1 atom stereocenters. The molecule has 5 heteroatoms. The standard InChI is InChI=1S/C14H17ClN2O2/c1-14(2)9-17-7-11(19-14)8-18-13-4-3-10(6-16)5-12(13)15/h3-5,11,17H,7-9H2,1-2H3. The van der Waals surface area contributed by atoms with E-state index in [1.807, 2.05) is 19.9 Å². The summed E-state index contributed by atoms with van der Waals surface area (Å²) < 4.78 is 11.6. The van der Waals surface area contributed by atoms with Crippen LogP contribution in [0.4, 0.5) is 0 Å². The van der Waals surface area contributed by atoms with Gasteiger partial charge in [-0.15, -0.1) is 0 Å². The van der Waals surface area contributed by atoms with Gasteiger partial charge in [-0.25, -0.2) is 0 Å². The van der Waals surface area contributed by atoms with Crippen molar-refractivity contribution in [3.05, 3.63) is 28.8 Å². The first kappa shape index (κ1) is 14.1. The summed E-state index contributed by atoms with van der Waals surface area (Å²) in [6.45, 7) is 6.11. The number of ether oxygens (including phenoxy) is 2. The molecule has 0 aromatic heterocycles. The van der Waals surface area contributed by atoms with Gasteiger partial charge in [0.2, 0.25) is 0 Å². The first-order valence-corrected chi connectivity index (χ1v) is 6.59. The minimum atomic E-state index is -0.180. The molecule has 1 unspecified atom stereocenters. The Labute approximate surface area is 118 Å². The molecule has 0 amide bonds. The SMILES string of the molecule is CC1(C)CNCC(COc2ccc(C#N)cc2Cl)O1. The third-order valence-corrected chi connectivity index (χ3v) is 3.19. The summed E-state index contributed by atoms with van der Waals surface area (Å²) in [6.07, 6.45) is -0.00420. The van der Waals surface area contributed by atoms with Gasteiger partial charge in [-0.05, 0) is 32.0 Å². The van der Waals surface area contributed by atoms with E-state index in [-0.39, 0.29) is 11.7 Å². The number of nitriles is 1. The molecular weight excluding hydrogens is 264 g/mol. The van der Waals surface area contributed by atoms with Crippen LogP contribution in [-0.2, 0) is 4.74 Å². The molecule has 0 aliphatic carbocycles. The molecule has 0 radical (unpaired) electrons. The monoisotopic (exact) mass is 280 g/mol. The first-order valence-electron chi connectivity index (χ1n) is 6.21. The maximum absolute atomic E-state index is 8.77. The zero-order chi connectivity index (χ0) is 13.9. The summed E-state index contributed by atoms with van der Waals surface area (Å²) in [7, 11) is 0. The van der Waals surface area contributed by atoms with Gasteiger partial charge in [0, 0.05) is 13.1 Å². The summed E-state index contributed by atoms with van der Waals surface area (Å²) in [4.78, 5) is 0. The van der Waals surface area contributed by atoms with Crippen molar-refractivity contribution in [2.45, 2.75) is 25.6 Å². The Morgan fingerprint density at radius 2 is 2.37 bits per heavy atom. The predicted octanol–water partition coefficient (Wildman–Crippen LogP) is 2.36. The molecule has 1 aromatic rings. The fourth-order valence-corrected chi connectivity index (χ4v) is 2.27. The molecule has 1 aromatic carbocycles. The molecule has 1 aliphatic rings. The number of hydrogen-bond donors (Lipinski definition) is 1. The highest BCUT2D eigenvalue weighted by Gasteiger charge is 2.28. The summed E-state index contributed by atoms with van der Waals surface area (Å²) in [5, 5.41) is 12.5. The lowest BCUT2D eigenvalue weighted by Gasteiger charge is -2.36. The number of morpholine rings is 1. The van der Waals surface area contributed by atoms with E-state index in [9.17, 15) is 0 Å². The number of nitrogens with one attached hydrogen (secondary N) is 1. The predicted molar refractivity (Wildman–Crippen MR) is 73.5 cm³/mol. The van der Waals surface area contributed by atoms with E-state index in [0.717, 1.165) is 13.1 Å². The van der Waals surface area contributed by atoms with Gasteiger partial charge in [0.15, 0.2) is 0 Å². The van der Waals surface area contributed by atoms with Crippen LogP contribution in [0.1, 0.15) is 19.4 Å². The van der Waals surface area contributed by atoms with Crippen molar-refractivity contribution >= 4 is 11.6 Å². The van der Waals surface area contributed by atoms with Gasteiger partial charge < -0.3 is 14.8 Å². The topological polar surface area (TPSA) is 54.3 Å². The van der Waals surface area contributed by atoms with E-state index >= 15 is 0 Å². The van der Waals surface area contributed by atoms with E-state index in [4.69, 9.17) is 26.3 Å². The number of hydrogen-bond acceptors (Lipinski definition) is 4. The second kappa shape index (κ2) is 5.79. The highest BCUT2D eigenvalue weighted by Crippen LogP contribution is 2.26. The van der Waals surface area contributed by atoms with Gasteiger partial charge in [0.1, 0.15) is 18.5 Å². The van der Waals surface area contributed by atoms with Gasteiger partial charge in [0.25, 0.3) is 0 Å². The van der Waals surface area contributed by atoms with Crippen LogP contribution in [0.15, 0.2) is 18.2 Å². The molecule has 1 N–H and O–H groups in total. The Morgan fingerprint density at radius 3 is 3.00 bits per heavy atom. The van der Waals surface area contributed by atoms with E-state index < -0.39 is 0 Å². The Morgan fingerprint density at radius 1 is 1.58 bits per heavy atom. The van der Waals surface area contributed by atoms with E-state index in [1.165, 1.54) is 0 Å². The highest BCUT2D eigenvalue weighted by molar-refractivity contribution is 6.32. The van der Waals surface area contributed by atoms with Crippen molar-refractivity contribution < 1.29 is 9.47 Å². The number of nitrogens with zero attached hydrogens (tertiary/aromatic N) is 1. The Balaban J connectivity index is 1.94. The number of halogens is 1. The average molecular weight is 281 g/mol. The Bertz CT molecular complexity index is 497. The molecule has 1 saturated heterocycles. The van der Waals surface area contributed by atoms with Crippen molar-refractivity contribution in [1.29, 1.82) is 5.26 Å². The third-order valence-electron chi connectivity index (χ3n) is 2.89. The zero-order valence-corrected chi connectivity index (χ0v) is 11.8. The van der Waals surface area contributed by atoms with Gasteiger partial charge >= 0.3 is 0 Å². The molecule has 4 nitrogen and oxygen atoms in total. The maximum Gasteiger partial charge on any atom is 0.138 e. The van der Waals surface area contributed by atoms with Crippen LogP contribution in [0.5, 0.6) is 5.75 Å². The quantitative estimate of drug-likeness (QED) is 0.923. The number of benzene rings is 1. The first-order chi connectivity index (χ1) is 9.00. The molecule has 1 fully saturated rings. The summed E-state index contributed by atoms with van der Waals surface area (Å²) in [6, 6.07) is 7.03. The summed E-state index contributed by atoms with van der Waals surface area (Å²) in [5.74, 6) is 0.577. The second-order valence-electron chi connectivity index (χ2n) is 5.20. The summed E-state index contributed by atoms with van der Waals surface area (Å²) in [5.41, 5.74) is 0.342. The van der Waals surface area contributed by atoms with Crippen LogP contribution in [0.2, 0.25) is 5.02 Å². The fraction of sp³-hybridized carbons (Fsp3) is 0.500. The number of rotatable bonds is 3. The van der Waals surface area contributed by atoms with E-state index in [0.29, 0.717) is 22.9 Å². The average Bonchev–Trinajstić information content (AvgIpc) is 2.36. The molecule has 2 rings (SSSR count). The molecule has 1 aliphatic heterocycles. The van der Waals surface area contributed by atoms with Crippen LogP contribution >= 0.6 is 11.6 Å². The van der Waals surface area contributed by atoms with Crippen molar-refractivity contribution in [1.82, 2.24) is 5.32 Å². The van der Waals surface area contributed by atoms with Crippen LogP contribution in [0, 0.1) is 11.3 Å². The molecule has 0 saturated carbocycles. The highest BCUT2D eigenvalue weighted by atomic mass is 35.5. The van der Waals surface area contributed by atoms with Gasteiger partial charge in [-0.1, -0.05) is 11.6 Å². The normalized spacial score (nSPS) is 21.7. The Hall–Kier alpha value is -1.28. The van der Waals surface area contributed by atoms with Crippen molar-refractivity contribution in [2.75, 3.05) is 19.7 Å². The lowest BCUT2D eigenvalue weighted by molar-refractivity contribution is -0.106. The van der Waals surface area contributed by atoms with E-state index in [2.05, 4.69) is 5.32 Å². The van der Waals surface area contributed by atoms with Crippen LogP contribution in [-0.4, -0.2) is 31.4 Å². The van der Waals surface area contributed by atoms with Crippen molar-refractivity contribution in [3.8, 4) is 11.8 Å². The minimum Gasteiger partial charge on any atom is -0.489 e. The molecule has 102 valence electrons. The largest absolute Gasteiger partial charge is 0.489 e. The minimum absolute atomic E-state index is 0.00420. The molecule has 0 bridgehead atoms. The van der Waals surface area contributed by atoms with Crippen molar-refractivity contribution in [2.24, 2.45) is 0 Å². The van der Waals surface area contributed by atoms with Gasteiger partial charge in [-0.3, -0.25) is 0 Å². The molecule has 19 heavy (non-hydrogen) atoms. The fourth-order valence-electron chi connectivity index (χ4n) is 2.03. The van der Waals surface area contributed by atoms with Crippen LogP contribution < -0.4 is 10.1 Å². The van der Waals surface area contributed by atoms with Crippen molar-refractivity contribution in [3.63, 3.8) is 0 Å². The molecule has 0 spiro atoms.